The molecule has 1 aromatic rings. The monoisotopic (exact) mass is 291 g/mol. The van der Waals surface area contributed by atoms with Crippen molar-refractivity contribution in [3.63, 3.8) is 0 Å². The molecule has 0 spiro atoms. The minimum atomic E-state index is -0.220. The predicted octanol–water partition coefficient (Wildman–Crippen LogP) is 2.09. The van der Waals surface area contributed by atoms with Gasteiger partial charge < -0.3 is 5.32 Å². The van der Waals surface area contributed by atoms with Crippen LogP contribution in [0.15, 0.2) is 15.5 Å². The number of H-pyrrole nitrogens is 1. The molecule has 15 heavy (non-hydrogen) atoms. The Morgan fingerprint density at radius 1 is 1.67 bits per heavy atom. The number of aromatic amines is 1. The van der Waals surface area contributed by atoms with Crippen molar-refractivity contribution < 1.29 is 0 Å². The lowest BCUT2D eigenvalue weighted by atomic mass is 10.2. The molecule has 0 unspecified atom stereocenters. The second-order valence-corrected chi connectivity index (χ2v) is 6.05. The number of nitrogens with one attached hydrogen (secondary N) is 2. The molecular formula is C9H14BrN3OS. The topological polar surface area (TPSA) is 57.8 Å². The van der Waals surface area contributed by atoms with E-state index >= 15 is 0 Å². The third-order valence-electron chi connectivity index (χ3n) is 2.05. The minimum Gasteiger partial charge on any atom is -0.381 e. The van der Waals surface area contributed by atoms with Gasteiger partial charge in [0.2, 0.25) is 0 Å². The zero-order valence-corrected chi connectivity index (χ0v) is 11.3. The molecule has 4 nitrogen and oxygen atoms in total. The van der Waals surface area contributed by atoms with Crippen LogP contribution in [-0.4, -0.2) is 27.7 Å². The summed E-state index contributed by atoms with van der Waals surface area (Å²) < 4.78 is 0.622. The molecule has 0 aliphatic heterocycles. The predicted molar refractivity (Wildman–Crippen MR) is 68.6 cm³/mol. The Bertz CT molecular complexity index is 391. The molecule has 0 atom stereocenters. The Morgan fingerprint density at radius 2 is 2.33 bits per heavy atom. The summed E-state index contributed by atoms with van der Waals surface area (Å²) in [5.41, 5.74) is 0.503. The molecule has 0 aliphatic carbocycles. The average molecular weight is 292 g/mol. The number of aromatic nitrogens is 2. The van der Waals surface area contributed by atoms with Gasteiger partial charge in [-0.1, -0.05) is 0 Å². The van der Waals surface area contributed by atoms with E-state index in [4.69, 9.17) is 0 Å². The van der Waals surface area contributed by atoms with Crippen LogP contribution in [0.25, 0.3) is 0 Å². The van der Waals surface area contributed by atoms with Gasteiger partial charge in [0.05, 0.1) is 11.9 Å². The van der Waals surface area contributed by atoms with E-state index < -0.39 is 0 Å². The van der Waals surface area contributed by atoms with E-state index in [9.17, 15) is 4.79 Å². The fraction of sp³-hybridized carbons (Fsp3) is 0.556. The summed E-state index contributed by atoms with van der Waals surface area (Å²) in [4.78, 5) is 11.2. The Balaban J connectivity index is 2.74. The highest BCUT2D eigenvalue weighted by atomic mass is 79.9. The summed E-state index contributed by atoms with van der Waals surface area (Å²) in [7, 11) is 0. The van der Waals surface area contributed by atoms with Crippen molar-refractivity contribution in [1.29, 1.82) is 0 Å². The van der Waals surface area contributed by atoms with Crippen LogP contribution in [0.1, 0.15) is 13.8 Å². The van der Waals surface area contributed by atoms with E-state index in [2.05, 4.69) is 51.5 Å². The van der Waals surface area contributed by atoms with Gasteiger partial charge in [-0.2, -0.15) is 16.9 Å². The molecule has 0 saturated carbocycles. The molecule has 0 bridgehead atoms. The van der Waals surface area contributed by atoms with Crippen LogP contribution < -0.4 is 10.9 Å². The maximum absolute atomic E-state index is 11.2. The number of hydrogen-bond donors (Lipinski definition) is 2. The van der Waals surface area contributed by atoms with E-state index in [1.165, 1.54) is 0 Å². The van der Waals surface area contributed by atoms with E-state index in [-0.39, 0.29) is 10.3 Å². The number of nitrogens with zero attached hydrogens (tertiary/aromatic N) is 1. The summed E-state index contributed by atoms with van der Waals surface area (Å²) in [5, 5.41) is 9.28. The van der Waals surface area contributed by atoms with E-state index in [0.29, 0.717) is 4.47 Å². The lowest BCUT2D eigenvalue weighted by molar-refractivity contribution is 0.751. The molecule has 6 heteroatoms. The number of thioether (sulfide) groups is 1. The molecule has 1 aromatic heterocycles. The van der Waals surface area contributed by atoms with Crippen LogP contribution in [0.5, 0.6) is 0 Å². The third kappa shape index (κ3) is 3.53. The molecule has 0 fully saturated rings. The molecule has 0 aliphatic rings. The minimum absolute atomic E-state index is 0.127. The number of hydrogen-bond acceptors (Lipinski definition) is 4. The van der Waals surface area contributed by atoms with Crippen molar-refractivity contribution in [3.8, 4) is 0 Å². The van der Waals surface area contributed by atoms with Crippen LogP contribution in [0.4, 0.5) is 5.69 Å². The SMILES string of the molecule is CSC(C)(C)CNc1cn[nH]c(=O)c1Br. The highest BCUT2D eigenvalue weighted by Crippen LogP contribution is 2.23. The molecule has 0 radical (unpaired) electrons. The smallest absolute Gasteiger partial charge is 0.280 e. The Labute approximate surface area is 101 Å². The molecule has 0 amide bonds. The Kier molecular flexibility index (Phi) is 4.21. The fourth-order valence-electron chi connectivity index (χ4n) is 0.887. The summed E-state index contributed by atoms with van der Waals surface area (Å²) >= 11 is 4.99. The molecule has 84 valence electrons. The molecule has 1 heterocycles. The maximum Gasteiger partial charge on any atom is 0.280 e. The van der Waals surface area contributed by atoms with Crippen LogP contribution in [-0.2, 0) is 0 Å². The first kappa shape index (κ1) is 12.6. The number of halogens is 1. The van der Waals surface area contributed by atoms with Gasteiger partial charge in [-0.3, -0.25) is 4.79 Å². The second-order valence-electron chi connectivity index (χ2n) is 3.74. The molecule has 1 rings (SSSR count). The van der Waals surface area contributed by atoms with E-state index in [1.54, 1.807) is 18.0 Å². The fourth-order valence-corrected chi connectivity index (χ4v) is 1.43. The average Bonchev–Trinajstić information content (AvgIpc) is 2.20. The number of anilines is 1. The first-order valence-electron chi connectivity index (χ1n) is 4.48. The van der Waals surface area contributed by atoms with Gasteiger partial charge in [-0.25, -0.2) is 5.10 Å². The van der Waals surface area contributed by atoms with Gasteiger partial charge in [0, 0.05) is 11.3 Å². The van der Waals surface area contributed by atoms with Crippen molar-refractivity contribution in [1.82, 2.24) is 10.2 Å². The summed E-state index contributed by atoms with van der Waals surface area (Å²) in [6.45, 7) is 5.05. The standard InChI is InChI=1S/C9H14BrN3OS/c1-9(2,15-3)5-11-6-4-12-13-8(14)7(6)10/h4H,5H2,1-3H3,(H2,11,13,14). The van der Waals surface area contributed by atoms with Crippen molar-refractivity contribution in [2.75, 3.05) is 18.1 Å². The quantitative estimate of drug-likeness (QED) is 0.892. The van der Waals surface area contributed by atoms with Gasteiger partial charge in [-0.15, -0.1) is 0 Å². The van der Waals surface area contributed by atoms with Gasteiger partial charge in [0.15, 0.2) is 0 Å². The van der Waals surface area contributed by atoms with Crippen molar-refractivity contribution in [2.45, 2.75) is 18.6 Å². The molecular weight excluding hydrogens is 278 g/mol. The van der Waals surface area contributed by atoms with E-state index in [1.807, 2.05) is 0 Å². The molecule has 0 saturated heterocycles. The van der Waals surface area contributed by atoms with Crippen LogP contribution >= 0.6 is 27.7 Å². The normalized spacial score (nSPS) is 11.5. The lowest BCUT2D eigenvalue weighted by Crippen LogP contribution is -2.26. The highest BCUT2D eigenvalue weighted by Gasteiger charge is 2.16. The van der Waals surface area contributed by atoms with Gasteiger partial charge in [0.25, 0.3) is 5.56 Å². The third-order valence-corrected chi connectivity index (χ3v) is 4.09. The van der Waals surface area contributed by atoms with Crippen LogP contribution in [0.2, 0.25) is 0 Å². The van der Waals surface area contributed by atoms with Crippen molar-refractivity contribution in [2.24, 2.45) is 0 Å². The Morgan fingerprint density at radius 3 is 2.93 bits per heavy atom. The van der Waals surface area contributed by atoms with Crippen LogP contribution in [0, 0.1) is 0 Å². The summed E-state index contributed by atoms with van der Waals surface area (Å²) in [6.07, 6.45) is 3.66. The molecule has 2 N–H and O–H groups in total. The van der Waals surface area contributed by atoms with Gasteiger partial charge in [-0.05, 0) is 36.0 Å². The van der Waals surface area contributed by atoms with Crippen LogP contribution in [0.3, 0.4) is 0 Å². The first-order chi connectivity index (χ1) is 6.96. The lowest BCUT2D eigenvalue weighted by Gasteiger charge is -2.22. The largest absolute Gasteiger partial charge is 0.381 e. The number of rotatable bonds is 4. The second kappa shape index (κ2) is 5.03. The van der Waals surface area contributed by atoms with Crippen molar-refractivity contribution in [3.05, 3.63) is 21.0 Å². The zero-order valence-electron chi connectivity index (χ0n) is 8.93. The summed E-state index contributed by atoms with van der Waals surface area (Å²) in [6, 6.07) is 0. The maximum atomic E-state index is 11.2. The van der Waals surface area contributed by atoms with Gasteiger partial charge in [0.1, 0.15) is 4.47 Å². The highest BCUT2D eigenvalue weighted by molar-refractivity contribution is 9.10. The zero-order chi connectivity index (χ0) is 11.5. The Hall–Kier alpha value is -0.490. The van der Waals surface area contributed by atoms with E-state index in [0.717, 1.165) is 12.2 Å². The summed E-state index contributed by atoms with van der Waals surface area (Å²) in [5.74, 6) is 0. The van der Waals surface area contributed by atoms with Gasteiger partial charge >= 0.3 is 0 Å². The first-order valence-corrected chi connectivity index (χ1v) is 6.50. The molecule has 0 aromatic carbocycles. The van der Waals surface area contributed by atoms with Crippen molar-refractivity contribution >= 4 is 33.4 Å².